The van der Waals surface area contributed by atoms with Crippen molar-refractivity contribution in [2.45, 2.75) is 25.4 Å². The Bertz CT molecular complexity index is 488. The van der Waals surface area contributed by atoms with Gasteiger partial charge in [0.25, 0.3) is 6.10 Å². The van der Waals surface area contributed by atoms with Gasteiger partial charge in [-0.2, -0.15) is 31.6 Å². The van der Waals surface area contributed by atoms with E-state index in [0.29, 0.717) is 6.07 Å². The highest BCUT2D eigenvalue weighted by Gasteiger charge is 2.59. The molecule has 0 aliphatic carbocycles. The van der Waals surface area contributed by atoms with Gasteiger partial charge in [-0.05, 0) is 13.0 Å². The number of halogens is 6. The van der Waals surface area contributed by atoms with Crippen molar-refractivity contribution < 1.29 is 31.1 Å². The van der Waals surface area contributed by atoms with E-state index in [0.717, 1.165) is 0 Å². The number of alkyl halides is 6. The number of ether oxygens (including phenoxy) is 1. The van der Waals surface area contributed by atoms with E-state index in [9.17, 15) is 26.3 Å². The van der Waals surface area contributed by atoms with Crippen molar-refractivity contribution in [3.8, 4) is 11.9 Å². The van der Waals surface area contributed by atoms with Crippen LogP contribution in [0.25, 0.3) is 0 Å². The van der Waals surface area contributed by atoms with Gasteiger partial charge in [0.05, 0.1) is 11.6 Å². The maximum absolute atomic E-state index is 12.2. The predicted octanol–water partition coefficient (Wildman–Crippen LogP) is 3.13. The van der Waals surface area contributed by atoms with Gasteiger partial charge in [-0.15, -0.1) is 0 Å². The molecule has 0 unspecified atom stereocenters. The zero-order valence-electron chi connectivity index (χ0n) is 9.30. The van der Waals surface area contributed by atoms with Gasteiger partial charge in [0.1, 0.15) is 0 Å². The lowest BCUT2D eigenvalue weighted by molar-refractivity contribution is -0.300. The SMILES string of the molecule is Cc1cc(C#N)cc(OC(C(F)(F)F)C(F)(F)F)n1. The highest BCUT2D eigenvalue weighted by Crippen LogP contribution is 2.36. The standard InChI is InChI=1S/C10H6F6N2O/c1-5-2-6(4-17)3-7(18-5)19-8(9(11,12)13)10(14,15)16/h2-3,8H,1H3. The number of nitriles is 1. The van der Waals surface area contributed by atoms with Crippen molar-refractivity contribution in [2.24, 2.45) is 0 Å². The van der Waals surface area contributed by atoms with Crippen LogP contribution in [0.4, 0.5) is 26.3 Å². The first-order valence-corrected chi connectivity index (χ1v) is 4.73. The van der Waals surface area contributed by atoms with Crippen LogP contribution in [0.15, 0.2) is 12.1 Å². The van der Waals surface area contributed by atoms with Gasteiger partial charge in [-0.1, -0.05) is 0 Å². The molecule has 0 amide bonds. The van der Waals surface area contributed by atoms with E-state index in [4.69, 9.17) is 5.26 Å². The third-order valence-electron chi connectivity index (χ3n) is 1.89. The number of rotatable bonds is 2. The lowest BCUT2D eigenvalue weighted by Crippen LogP contribution is -2.46. The van der Waals surface area contributed by atoms with E-state index in [2.05, 4.69) is 9.72 Å². The quantitative estimate of drug-likeness (QED) is 0.784. The van der Waals surface area contributed by atoms with Gasteiger partial charge in [-0.25, -0.2) is 4.98 Å². The zero-order valence-corrected chi connectivity index (χ0v) is 9.30. The maximum Gasteiger partial charge on any atom is 0.434 e. The Balaban J connectivity index is 3.11. The van der Waals surface area contributed by atoms with Gasteiger partial charge >= 0.3 is 12.4 Å². The molecule has 104 valence electrons. The molecule has 0 aliphatic heterocycles. The highest BCUT2D eigenvalue weighted by atomic mass is 19.4. The summed E-state index contributed by atoms with van der Waals surface area (Å²) in [6.07, 6.45) is -15.2. The molecule has 1 aromatic heterocycles. The van der Waals surface area contributed by atoms with E-state index < -0.39 is 24.3 Å². The van der Waals surface area contributed by atoms with Crippen molar-refractivity contribution in [1.29, 1.82) is 5.26 Å². The van der Waals surface area contributed by atoms with Crippen LogP contribution in [0.1, 0.15) is 11.3 Å². The molecule has 1 rings (SSSR count). The normalized spacial score (nSPS) is 12.4. The first kappa shape index (κ1) is 15.1. The molecule has 0 saturated heterocycles. The number of hydrogen-bond acceptors (Lipinski definition) is 3. The largest absolute Gasteiger partial charge is 0.455 e. The predicted molar refractivity (Wildman–Crippen MR) is 50.2 cm³/mol. The number of aromatic nitrogens is 1. The topological polar surface area (TPSA) is 45.9 Å². The highest BCUT2D eigenvalue weighted by molar-refractivity contribution is 5.34. The maximum atomic E-state index is 12.2. The minimum atomic E-state index is -5.63. The second-order valence-electron chi connectivity index (χ2n) is 3.53. The van der Waals surface area contributed by atoms with Crippen LogP contribution in [0.2, 0.25) is 0 Å². The number of nitrogens with zero attached hydrogens (tertiary/aromatic N) is 2. The summed E-state index contributed by atoms with van der Waals surface area (Å²) < 4.78 is 77.3. The van der Waals surface area contributed by atoms with Gasteiger partial charge in [0, 0.05) is 11.8 Å². The van der Waals surface area contributed by atoms with Crippen molar-refractivity contribution in [2.75, 3.05) is 0 Å². The average molecular weight is 284 g/mol. The summed E-state index contributed by atoms with van der Waals surface area (Å²) in [6, 6.07) is 3.48. The molecule has 19 heavy (non-hydrogen) atoms. The lowest BCUT2D eigenvalue weighted by atomic mass is 10.2. The van der Waals surface area contributed by atoms with Crippen LogP contribution in [0.3, 0.4) is 0 Å². The van der Waals surface area contributed by atoms with E-state index >= 15 is 0 Å². The summed E-state index contributed by atoms with van der Waals surface area (Å²) in [5, 5.41) is 8.56. The van der Waals surface area contributed by atoms with Crippen molar-refractivity contribution >= 4 is 0 Å². The Morgan fingerprint density at radius 1 is 1.16 bits per heavy atom. The molecule has 0 fully saturated rings. The summed E-state index contributed by atoms with van der Waals surface area (Å²) in [4.78, 5) is 3.38. The molecule has 1 aromatic rings. The average Bonchev–Trinajstić information content (AvgIpc) is 2.22. The molecule has 0 atom stereocenters. The van der Waals surface area contributed by atoms with Crippen LogP contribution >= 0.6 is 0 Å². The molecule has 0 spiro atoms. The van der Waals surface area contributed by atoms with E-state index in [1.54, 1.807) is 6.07 Å². The third-order valence-corrected chi connectivity index (χ3v) is 1.89. The van der Waals surface area contributed by atoms with Gasteiger partial charge in [0.2, 0.25) is 5.88 Å². The van der Waals surface area contributed by atoms with E-state index in [-0.39, 0.29) is 11.3 Å². The fraction of sp³-hybridized carbons (Fsp3) is 0.400. The number of aryl methyl sites for hydroxylation is 1. The molecule has 0 saturated carbocycles. The molecular formula is C10H6F6N2O. The fourth-order valence-corrected chi connectivity index (χ4v) is 1.20. The first-order valence-electron chi connectivity index (χ1n) is 4.73. The van der Waals surface area contributed by atoms with Crippen molar-refractivity contribution in [1.82, 2.24) is 4.98 Å². The van der Waals surface area contributed by atoms with Crippen LogP contribution < -0.4 is 4.74 Å². The zero-order chi connectivity index (χ0) is 14.8. The van der Waals surface area contributed by atoms with E-state index in [1.807, 2.05) is 0 Å². The lowest BCUT2D eigenvalue weighted by Gasteiger charge is -2.23. The molecule has 0 aliphatic rings. The van der Waals surface area contributed by atoms with Crippen LogP contribution in [0, 0.1) is 18.3 Å². The number of hydrogen-bond donors (Lipinski definition) is 0. The molecule has 9 heteroatoms. The second kappa shape index (κ2) is 4.95. The van der Waals surface area contributed by atoms with Gasteiger partial charge in [-0.3, -0.25) is 0 Å². The first-order chi connectivity index (χ1) is 8.54. The van der Waals surface area contributed by atoms with Crippen LogP contribution in [0.5, 0.6) is 5.88 Å². The Morgan fingerprint density at radius 2 is 1.68 bits per heavy atom. The molecule has 0 bridgehead atoms. The molecule has 0 radical (unpaired) electrons. The third kappa shape index (κ3) is 4.01. The Labute approximate surface area is 103 Å². The molecular weight excluding hydrogens is 278 g/mol. The molecule has 0 N–H and O–H groups in total. The Hall–Kier alpha value is -1.98. The second-order valence-corrected chi connectivity index (χ2v) is 3.53. The van der Waals surface area contributed by atoms with Crippen LogP contribution in [-0.2, 0) is 0 Å². The van der Waals surface area contributed by atoms with Crippen molar-refractivity contribution in [3.05, 3.63) is 23.4 Å². The summed E-state index contributed by atoms with van der Waals surface area (Å²) in [6.45, 7) is 1.31. The summed E-state index contributed by atoms with van der Waals surface area (Å²) in [5.74, 6) is -0.906. The summed E-state index contributed by atoms with van der Waals surface area (Å²) >= 11 is 0. The summed E-state index contributed by atoms with van der Waals surface area (Å²) in [5.41, 5.74) is -0.0808. The van der Waals surface area contributed by atoms with Crippen molar-refractivity contribution in [3.63, 3.8) is 0 Å². The minimum Gasteiger partial charge on any atom is -0.455 e. The van der Waals surface area contributed by atoms with E-state index in [1.165, 1.54) is 13.0 Å². The summed E-state index contributed by atoms with van der Waals surface area (Å²) in [7, 11) is 0. The monoisotopic (exact) mass is 284 g/mol. The molecule has 1 heterocycles. The van der Waals surface area contributed by atoms with Gasteiger partial charge < -0.3 is 4.74 Å². The van der Waals surface area contributed by atoms with Gasteiger partial charge in [0.15, 0.2) is 0 Å². The smallest absolute Gasteiger partial charge is 0.434 e. The fourth-order valence-electron chi connectivity index (χ4n) is 1.20. The Morgan fingerprint density at radius 3 is 2.11 bits per heavy atom. The molecule has 0 aromatic carbocycles. The minimum absolute atomic E-state index is 0.0668. The number of pyridine rings is 1. The molecule has 3 nitrogen and oxygen atoms in total. The Kier molecular flexibility index (Phi) is 3.93. The van der Waals surface area contributed by atoms with Crippen LogP contribution in [-0.4, -0.2) is 23.4 Å².